The Morgan fingerprint density at radius 2 is 1.65 bits per heavy atom. The van der Waals surface area contributed by atoms with Gasteiger partial charge in [-0.2, -0.15) is 12.6 Å². The Balaban J connectivity index is 2.55. The molecule has 2 rings (SSSR count). The number of para-hydroxylation sites is 2. The molecule has 9 heteroatoms. The van der Waals surface area contributed by atoms with Gasteiger partial charge in [0.2, 0.25) is 5.91 Å². The summed E-state index contributed by atoms with van der Waals surface area (Å²) in [6.07, 6.45) is 0.695. The first-order valence-corrected chi connectivity index (χ1v) is 12.6. The monoisotopic (exact) mass is 527 g/mol. The third kappa shape index (κ3) is 7.76. The van der Waals surface area contributed by atoms with Gasteiger partial charge in [0, 0.05) is 23.5 Å². The van der Waals surface area contributed by atoms with Crippen LogP contribution in [0.4, 0.5) is 10.5 Å². The molecule has 0 radical (unpaired) electrons. The Bertz CT molecular complexity index is 1140. The molecular formula is C28H37N3O5S. The fourth-order valence-corrected chi connectivity index (χ4v) is 4.10. The molecule has 0 heterocycles. The highest BCUT2D eigenvalue weighted by atomic mass is 32.1. The van der Waals surface area contributed by atoms with E-state index in [2.05, 4.69) is 29.8 Å². The molecule has 0 aromatic heterocycles. The lowest BCUT2D eigenvalue weighted by Gasteiger charge is -2.34. The topological polar surface area (TPSA) is 108 Å². The zero-order valence-corrected chi connectivity index (χ0v) is 23.2. The number of hydrogen-bond donors (Lipinski definition) is 4. The first kappa shape index (κ1) is 29.8. The van der Waals surface area contributed by atoms with E-state index in [4.69, 9.17) is 4.74 Å². The third-order valence-corrected chi connectivity index (χ3v) is 6.00. The Labute approximate surface area is 224 Å². The number of rotatable bonds is 9. The summed E-state index contributed by atoms with van der Waals surface area (Å²) in [6, 6.07) is 8.31. The van der Waals surface area contributed by atoms with Gasteiger partial charge in [0.1, 0.15) is 23.4 Å². The van der Waals surface area contributed by atoms with Gasteiger partial charge < -0.3 is 25.4 Å². The van der Waals surface area contributed by atoms with Gasteiger partial charge in [-0.1, -0.05) is 42.5 Å². The number of aromatic hydroxyl groups is 1. The lowest BCUT2D eigenvalue weighted by molar-refractivity contribution is -0.139. The molecule has 8 nitrogen and oxygen atoms in total. The van der Waals surface area contributed by atoms with E-state index in [1.807, 2.05) is 32.0 Å². The number of amides is 3. The van der Waals surface area contributed by atoms with Crippen LogP contribution in [0.5, 0.6) is 5.75 Å². The summed E-state index contributed by atoms with van der Waals surface area (Å²) < 4.78 is 5.30. The van der Waals surface area contributed by atoms with Crippen LogP contribution in [-0.4, -0.2) is 51.9 Å². The summed E-state index contributed by atoms with van der Waals surface area (Å²) in [6.45, 7) is 14.3. The predicted octanol–water partition coefficient (Wildman–Crippen LogP) is 4.83. The van der Waals surface area contributed by atoms with E-state index in [0.717, 1.165) is 11.1 Å². The molecule has 200 valence electrons. The van der Waals surface area contributed by atoms with Crippen LogP contribution in [0.2, 0.25) is 0 Å². The number of hydrogen-bond acceptors (Lipinski definition) is 6. The first-order chi connectivity index (χ1) is 17.3. The van der Waals surface area contributed by atoms with Gasteiger partial charge >= 0.3 is 6.09 Å². The second-order valence-electron chi connectivity index (χ2n) is 9.83. The average Bonchev–Trinajstić information content (AvgIpc) is 2.80. The van der Waals surface area contributed by atoms with Crippen LogP contribution in [0.3, 0.4) is 0 Å². The summed E-state index contributed by atoms with van der Waals surface area (Å²) in [5.41, 5.74) is 2.34. The SMILES string of the molecule is C=CCN(C(=O)C(CS)NC(=O)OC(C)(C)C)C(C(=O)Nc1c(C)cccc1C)c1cccc(C)c1O. The molecule has 0 saturated heterocycles. The number of aryl methyl sites for hydroxylation is 3. The standard InChI is InChI=1S/C28H37N3O5S/c1-8-15-31(26(34)21(16-37)29-27(35)36-28(5,6)7)23(20-14-10-13-19(4)24(20)32)25(33)30-22-17(2)11-9-12-18(22)3/h8-14,21,23,32,37H,1,15-16H2,2-7H3,(H,29,35)(H,30,33). The average molecular weight is 528 g/mol. The number of ether oxygens (including phenoxy) is 1. The van der Waals surface area contributed by atoms with Crippen molar-refractivity contribution >= 4 is 36.2 Å². The number of phenolic OH excluding ortho intramolecular Hbond substituents is 1. The smallest absolute Gasteiger partial charge is 0.408 e. The Morgan fingerprint density at radius 3 is 2.19 bits per heavy atom. The summed E-state index contributed by atoms with van der Waals surface area (Å²) in [5, 5.41) is 16.4. The van der Waals surface area contributed by atoms with Crippen molar-refractivity contribution in [1.29, 1.82) is 0 Å². The minimum absolute atomic E-state index is 0.0304. The molecule has 2 aromatic carbocycles. The molecule has 37 heavy (non-hydrogen) atoms. The highest BCUT2D eigenvalue weighted by Crippen LogP contribution is 2.33. The first-order valence-electron chi connectivity index (χ1n) is 12.0. The van der Waals surface area contributed by atoms with E-state index >= 15 is 0 Å². The highest BCUT2D eigenvalue weighted by Gasteiger charge is 2.37. The number of carbonyl (C=O) groups excluding carboxylic acids is 3. The van der Waals surface area contributed by atoms with Crippen molar-refractivity contribution < 1.29 is 24.2 Å². The van der Waals surface area contributed by atoms with Crippen LogP contribution < -0.4 is 10.6 Å². The van der Waals surface area contributed by atoms with E-state index < -0.39 is 35.6 Å². The van der Waals surface area contributed by atoms with E-state index in [1.54, 1.807) is 45.9 Å². The molecule has 2 atom stereocenters. The molecule has 0 saturated carbocycles. The number of phenols is 1. The zero-order chi connectivity index (χ0) is 27.9. The van der Waals surface area contributed by atoms with Crippen molar-refractivity contribution in [1.82, 2.24) is 10.2 Å². The lowest BCUT2D eigenvalue weighted by Crippen LogP contribution is -2.53. The van der Waals surface area contributed by atoms with Gasteiger partial charge in [0.25, 0.3) is 5.91 Å². The van der Waals surface area contributed by atoms with Gasteiger partial charge in [0.05, 0.1) is 0 Å². The van der Waals surface area contributed by atoms with Gasteiger partial charge in [-0.15, -0.1) is 6.58 Å². The maximum atomic E-state index is 13.8. The maximum Gasteiger partial charge on any atom is 0.408 e. The molecule has 2 aromatic rings. The number of anilines is 1. The molecule has 0 aliphatic heterocycles. The second kappa shape index (κ2) is 12.7. The normalized spacial score (nSPS) is 12.7. The second-order valence-corrected chi connectivity index (χ2v) is 10.2. The predicted molar refractivity (Wildman–Crippen MR) is 149 cm³/mol. The third-order valence-electron chi connectivity index (χ3n) is 5.63. The van der Waals surface area contributed by atoms with E-state index in [0.29, 0.717) is 11.3 Å². The van der Waals surface area contributed by atoms with Crippen LogP contribution in [0.25, 0.3) is 0 Å². The van der Waals surface area contributed by atoms with E-state index in [-0.39, 0.29) is 23.6 Å². The summed E-state index contributed by atoms with van der Waals surface area (Å²) >= 11 is 4.26. The Hall–Kier alpha value is -3.46. The van der Waals surface area contributed by atoms with E-state index in [9.17, 15) is 19.5 Å². The Kier molecular flexibility index (Phi) is 10.2. The van der Waals surface area contributed by atoms with Gasteiger partial charge in [-0.05, 0) is 58.2 Å². The van der Waals surface area contributed by atoms with E-state index in [1.165, 1.54) is 11.0 Å². The van der Waals surface area contributed by atoms with Crippen molar-refractivity contribution in [3.05, 3.63) is 71.3 Å². The summed E-state index contributed by atoms with van der Waals surface area (Å²) in [7, 11) is 0. The van der Waals surface area contributed by atoms with Gasteiger partial charge in [0.15, 0.2) is 0 Å². The lowest BCUT2D eigenvalue weighted by atomic mass is 9.98. The van der Waals surface area contributed by atoms with Crippen LogP contribution >= 0.6 is 12.6 Å². The minimum Gasteiger partial charge on any atom is -0.507 e. The number of alkyl carbamates (subject to hydrolysis) is 1. The molecule has 0 aliphatic carbocycles. The number of nitrogens with one attached hydrogen (secondary N) is 2. The van der Waals surface area contributed by atoms with Crippen LogP contribution in [0.1, 0.15) is 49.1 Å². The Morgan fingerprint density at radius 1 is 1.08 bits per heavy atom. The van der Waals surface area contributed by atoms with Crippen molar-refractivity contribution in [2.24, 2.45) is 0 Å². The fraction of sp³-hybridized carbons (Fsp3) is 0.393. The number of nitrogens with zero attached hydrogens (tertiary/aromatic N) is 1. The van der Waals surface area contributed by atoms with Crippen molar-refractivity contribution in [2.45, 2.75) is 59.2 Å². The summed E-state index contributed by atoms with van der Waals surface area (Å²) in [5.74, 6) is -1.25. The molecule has 2 unspecified atom stereocenters. The quantitative estimate of drug-likeness (QED) is 0.276. The van der Waals surface area contributed by atoms with Crippen molar-refractivity contribution in [2.75, 3.05) is 17.6 Å². The zero-order valence-electron chi connectivity index (χ0n) is 22.3. The van der Waals surface area contributed by atoms with Gasteiger partial charge in [-0.25, -0.2) is 4.79 Å². The molecule has 0 bridgehead atoms. The number of carbonyl (C=O) groups is 3. The molecule has 0 fully saturated rings. The largest absolute Gasteiger partial charge is 0.507 e. The van der Waals surface area contributed by atoms with Crippen molar-refractivity contribution in [3.8, 4) is 5.75 Å². The fourth-order valence-electron chi connectivity index (χ4n) is 3.85. The highest BCUT2D eigenvalue weighted by molar-refractivity contribution is 7.80. The van der Waals surface area contributed by atoms with Gasteiger partial charge in [-0.3, -0.25) is 9.59 Å². The number of benzene rings is 2. The van der Waals surface area contributed by atoms with Crippen LogP contribution in [0, 0.1) is 20.8 Å². The molecular weight excluding hydrogens is 490 g/mol. The maximum absolute atomic E-state index is 13.8. The van der Waals surface area contributed by atoms with Crippen LogP contribution in [-0.2, 0) is 14.3 Å². The van der Waals surface area contributed by atoms with Crippen molar-refractivity contribution in [3.63, 3.8) is 0 Å². The minimum atomic E-state index is -1.23. The molecule has 3 amide bonds. The summed E-state index contributed by atoms with van der Waals surface area (Å²) in [4.78, 5) is 41.3. The van der Waals surface area contributed by atoms with Crippen LogP contribution in [0.15, 0.2) is 49.1 Å². The molecule has 3 N–H and O–H groups in total. The number of thiol groups is 1. The molecule has 0 spiro atoms. The molecule has 0 aliphatic rings.